The summed E-state index contributed by atoms with van der Waals surface area (Å²) in [7, 11) is 0. The predicted molar refractivity (Wildman–Crippen MR) is 93.5 cm³/mol. The lowest BCUT2D eigenvalue weighted by Crippen LogP contribution is -2.23. The van der Waals surface area contributed by atoms with Crippen molar-refractivity contribution in [2.45, 2.75) is 25.6 Å². The van der Waals surface area contributed by atoms with Gasteiger partial charge in [-0.3, -0.25) is 4.79 Å². The first kappa shape index (κ1) is 19.6. The summed E-state index contributed by atoms with van der Waals surface area (Å²) in [5.41, 5.74) is 0.506. The van der Waals surface area contributed by atoms with Crippen LogP contribution in [0.3, 0.4) is 0 Å². The van der Waals surface area contributed by atoms with Crippen molar-refractivity contribution in [3.05, 3.63) is 77.6 Å². The first-order chi connectivity index (χ1) is 13.3. The van der Waals surface area contributed by atoms with Gasteiger partial charge in [0.1, 0.15) is 5.82 Å². The fourth-order valence-electron chi connectivity index (χ4n) is 2.49. The summed E-state index contributed by atoms with van der Waals surface area (Å²) in [5, 5.41) is 2.64. The van der Waals surface area contributed by atoms with Gasteiger partial charge in [-0.15, -0.1) is 0 Å². The molecule has 0 radical (unpaired) electrons. The van der Waals surface area contributed by atoms with E-state index in [0.717, 1.165) is 12.1 Å². The van der Waals surface area contributed by atoms with Crippen LogP contribution in [0.1, 0.15) is 23.4 Å². The zero-order valence-electron chi connectivity index (χ0n) is 14.6. The third-order valence-electron chi connectivity index (χ3n) is 4.02. The Morgan fingerprint density at radius 2 is 1.71 bits per heavy atom. The molecule has 1 N–H and O–H groups in total. The Bertz CT molecular complexity index is 932. The highest BCUT2D eigenvalue weighted by Gasteiger charge is 2.29. The summed E-state index contributed by atoms with van der Waals surface area (Å²) >= 11 is 0. The Hall–Kier alpha value is -3.16. The first-order valence-corrected chi connectivity index (χ1v) is 8.45. The summed E-state index contributed by atoms with van der Waals surface area (Å²) in [6, 6.07) is 10.4. The van der Waals surface area contributed by atoms with Gasteiger partial charge in [0.15, 0.2) is 11.7 Å². The molecule has 0 aliphatic carbocycles. The number of hydrogen-bond acceptors (Lipinski definition) is 3. The van der Waals surface area contributed by atoms with Crippen LogP contribution in [0.25, 0.3) is 11.3 Å². The van der Waals surface area contributed by atoms with Crippen molar-refractivity contribution >= 4 is 5.91 Å². The largest absolute Gasteiger partial charge is 0.441 e. The van der Waals surface area contributed by atoms with Crippen molar-refractivity contribution in [2.24, 2.45) is 0 Å². The molecule has 4 nitrogen and oxygen atoms in total. The molecule has 3 rings (SSSR count). The maximum absolute atomic E-state index is 12.9. The molecule has 0 unspecified atom stereocenters. The zero-order valence-corrected chi connectivity index (χ0v) is 14.6. The highest BCUT2D eigenvalue weighted by Crippen LogP contribution is 2.29. The normalized spacial score (nSPS) is 11.4. The summed E-state index contributed by atoms with van der Waals surface area (Å²) < 4.78 is 56.1. The minimum Gasteiger partial charge on any atom is -0.441 e. The van der Waals surface area contributed by atoms with Crippen LogP contribution in [-0.4, -0.2) is 10.9 Å². The van der Waals surface area contributed by atoms with Gasteiger partial charge in [-0.2, -0.15) is 13.2 Å². The van der Waals surface area contributed by atoms with E-state index >= 15 is 0 Å². The number of alkyl halides is 3. The molecule has 1 aromatic heterocycles. The Balaban J connectivity index is 1.47. The number of amides is 1. The number of halogens is 4. The van der Waals surface area contributed by atoms with Crippen molar-refractivity contribution in [1.29, 1.82) is 0 Å². The number of nitrogens with zero attached hydrogens (tertiary/aromatic N) is 1. The van der Waals surface area contributed by atoms with Gasteiger partial charge in [-0.05, 0) is 42.0 Å². The molecule has 28 heavy (non-hydrogen) atoms. The lowest BCUT2D eigenvalue weighted by Gasteiger charge is -2.08. The SMILES string of the molecule is O=C(CCc1ncc(-c2ccc(F)cc2)o1)NCc1ccc(C(F)(F)F)cc1. The Morgan fingerprint density at radius 1 is 1.04 bits per heavy atom. The van der Waals surface area contributed by atoms with Crippen molar-refractivity contribution in [1.82, 2.24) is 10.3 Å². The molecule has 146 valence electrons. The standard InChI is InChI=1S/C20H16F4N2O2/c21-16-7-3-14(4-8-16)17-12-26-19(28-17)10-9-18(27)25-11-13-1-5-15(6-2-13)20(22,23)24/h1-8,12H,9-11H2,(H,25,27). The van der Waals surface area contributed by atoms with Crippen molar-refractivity contribution in [3.63, 3.8) is 0 Å². The van der Waals surface area contributed by atoms with Gasteiger partial charge in [0.05, 0.1) is 11.8 Å². The maximum Gasteiger partial charge on any atom is 0.416 e. The second kappa shape index (κ2) is 8.24. The molecular weight excluding hydrogens is 376 g/mol. The summed E-state index contributed by atoms with van der Waals surface area (Å²) in [4.78, 5) is 16.0. The van der Waals surface area contributed by atoms with E-state index in [9.17, 15) is 22.4 Å². The molecule has 3 aromatic rings. The average Bonchev–Trinajstić information content (AvgIpc) is 3.14. The van der Waals surface area contributed by atoms with Gasteiger partial charge in [0.2, 0.25) is 5.91 Å². The van der Waals surface area contributed by atoms with Crippen LogP contribution in [0, 0.1) is 5.82 Å². The van der Waals surface area contributed by atoms with E-state index in [1.54, 1.807) is 12.1 Å². The van der Waals surface area contributed by atoms with Gasteiger partial charge in [0, 0.05) is 24.9 Å². The fraction of sp³-hybridized carbons (Fsp3) is 0.200. The molecule has 0 bridgehead atoms. The third-order valence-corrected chi connectivity index (χ3v) is 4.02. The number of benzene rings is 2. The summed E-state index contributed by atoms with van der Waals surface area (Å²) in [6.45, 7) is 0.128. The van der Waals surface area contributed by atoms with E-state index in [1.807, 2.05) is 0 Å². The zero-order chi connectivity index (χ0) is 20.1. The highest BCUT2D eigenvalue weighted by molar-refractivity contribution is 5.76. The number of carbonyl (C=O) groups is 1. The number of nitrogens with one attached hydrogen (secondary N) is 1. The second-order valence-electron chi connectivity index (χ2n) is 6.10. The lowest BCUT2D eigenvalue weighted by atomic mass is 10.1. The van der Waals surface area contributed by atoms with Crippen molar-refractivity contribution in [2.75, 3.05) is 0 Å². The van der Waals surface area contributed by atoms with E-state index in [-0.39, 0.29) is 31.1 Å². The minimum atomic E-state index is -4.38. The topological polar surface area (TPSA) is 55.1 Å². The van der Waals surface area contributed by atoms with Crippen LogP contribution in [-0.2, 0) is 23.9 Å². The van der Waals surface area contributed by atoms with Crippen LogP contribution < -0.4 is 5.32 Å². The van der Waals surface area contributed by atoms with Crippen molar-refractivity contribution in [3.8, 4) is 11.3 Å². The quantitative estimate of drug-likeness (QED) is 0.616. The summed E-state index contributed by atoms with van der Waals surface area (Å²) in [6.07, 6.45) is -2.50. The fourth-order valence-corrected chi connectivity index (χ4v) is 2.49. The van der Waals surface area contributed by atoms with Crippen LogP contribution >= 0.6 is 0 Å². The first-order valence-electron chi connectivity index (χ1n) is 8.45. The van der Waals surface area contributed by atoms with Gasteiger partial charge in [-0.1, -0.05) is 12.1 Å². The molecule has 0 saturated heterocycles. The van der Waals surface area contributed by atoms with Crippen LogP contribution in [0.2, 0.25) is 0 Å². The molecule has 1 heterocycles. The molecule has 2 aromatic carbocycles. The molecule has 8 heteroatoms. The average molecular weight is 392 g/mol. The van der Waals surface area contributed by atoms with Crippen LogP contribution in [0.5, 0.6) is 0 Å². The molecule has 0 aliphatic heterocycles. The second-order valence-corrected chi connectivity index (χ2v) is 6.10. The van der Waals surface area contributed by atoms with Crippen LogP contribution in [0.15, 0.2) is 59.1 Å². The third kappa shape index (κ3) is 5.18. The number of hydrogen-bond donors (Lipinski definition) is 1. The van der Waals surface area contributed by atoms with Crippen LogP contribution in [0.4, 0.5) is 17.6 Å². The van der Waals surface area contributed by atoms with E-state index in [2.05, 4.69) is 10.3 Å². The maximum atomic E-state index is 12.9. The van der Waals surface area contributed by atoms with Gasteiger partial charge >= 0.3 is 6.18 Å². The van der Waals surface area contributed by atoms with Gasteiger partial charge in [0.25, 0.3) is 0 Å². The highest BCUT2D eigenvalue weighted by atomic mass is 19.4. The number of aromatic nitrogens is 1. The van der Waals surface area contributed by atoms with Gasteiger partial charge in [-0.25, -0.2) is 9.37 Å². The Labute approximate surface area is 158 Å². The predicted octanol–water partition coefficient (Wildman–Crippen LogP) is 4.75. The molecule has 0 spiro atoms. The number of carbonyl (C=O) groups excluding carboxylic acids is 1. The van der Waals surface area contributed by atoms with Gasteiger partial charge < -0.3 is 9.73 Å². The number of oxazole rings is 1. The monoisotopic (exact) mass is 392 g/mol. The van der Waals surface area contributed by atoms with E-state index < -0.39 is 11.7 Å². The molecule has 0 aliphatic rings. The smallest absolute Gasteiger partial charge is 0.416 e. The molecule has 1 amide bonds. The molecule has 0 fully saturated rings. The van der Waals surface area contributed by atoms with E-state index in [1.165, 1.54) is 30.5 Å². The van der Waals surface area contributed by atoms with E-state index in [4.69, 9.17) is 4.42 Å². The number of aryl methyl sites for hydroxylation is 1. The lowest BCUT2D eigenvalue weighted by molar-refractivity contribution is -0.137. The summed E-state index contributed by atoms with van der Waals surface area (Å²) in [5.74, 6) is 0.207. The molecule has 0 saturated carbocycles. The van der Waals surface area contributed by atoms with Crippen molar-refractivity contribution < 1.29 is 26.8 Å². The molecule has 0 atom stereocenters. The number of rotatable bonds is 6. The Kier molecular flexibility index (Phi) is 5.77. The molecular formula is C20H16F4N2O2. The van der Waals surface area contributed by atoms with E-state index in [0.29, 0.717) is 22.8 Å². The minimum absolute atomic E-state index is 0.115. The Morgan fingerprint density at radius 3 is 2.36 bits per heavy atom.